The van der Waals surface area contributed by atoms with E-state index in [-0.39, 0.29) is 10.6 Å². The first-order chi connectivity index (χ1) is 16.7. The molecule has 0 saturated heterocycles. The zero-order valence-corrected chi connectivity index (χ0v) is 20.3. The molecule has 0 saturated carbocycles. The molecule has 0 aliphatic carbocycles. The van der Waals surface area contributed by atoms with Crippen LogP contribution in [0.15, 0.2) is 94.7 Å². The second-order valence-corrected chi connectivity index (χ2v) is 10.00. The van der Waals surface area contributed by atoms with Gasteiger partial charge in [-0.1, -0.05) is 24.3 Å². The Kier molecular flexibility index (Phi) is 6.52. The Morgan fingerprint density at radius 1 is 0.914 bits per heavy atom. The van der Waals surface area contributed by atoms with Gasteiger partial charge < -0.3 is 5.32 Å². The van der Waals surface area contributed by atoms with Gasteiger partial charge in [0.1, 0.15) is 0 Å². The van der Waals surface area contributed by atoms with E-state index < -0.39 is 21.4 Å². The molecule has 0 bridgehead atoms. The fourth-order valence-corrected chi connectivity index (χ4v) is 4.61. The zero-order chi connectivity index (χ0) is 25.2. The summed E-state index contributed by atoms with van der Waals surface area (Å²) in [6, 6.07) is 21.4. The van der Waals surface area contributed by atoms with Gasteiger partial charge in [-0.25, -0.2) is 13.1 Å². The summed E-state index contributed by atoms with van der Waals surface area (Å²) in [6.07, 6.45) is 1.51. The van der Waals surface area contributed by atoms with Crippen LogP contribution in [0.4, 0.5) is 11.4 Å². The van der Waals surface area contributed by atoms with E-state index in [0.29, 0.717) is 11.4 Å². The molecule has 0 radical (unpaired) electrons. The number of nitrogens with one attached hydrogen (secondary N) is 1. The number of aromatic nitrogens is 2. The largest absolute Gasteiger partial charge is 0.320 e. The van der Waals surface area contributed by atoms with Crippen LogP contribution in [0.5, 0.6) is 0 Å². The third-order valence-electron chi connectivity index (χ3n) is 5.67. The van der Waals surface area contributed by atoms with Crippen molar-refractivity contribution >= 4 is 27.3 Å². The summed E-state index contributed by atoms with van der Waals surface area (Å²) >= 11 is 0. The third-order valence-corrected chi connectivity index (χ3v) is 7.47. The van der Waals surface area contributed by atoms with Crippen molar-refractivity contribution in [3.8, 4) is 5.69 Å². The second-order valence-electron chi connectivity index (χ2n) is 8.03. The summed E-state index contributed by atoms with van der Waals surface area (Å²) in [5.74, 6) is -0.690. The fourth-order valence-electron chi connectivity index (χ4n) is 3.41. The van der Waals surface area contributed by atoms with E-state index in [1.807, 2.05) is 32.0 Å². The highest BCUT2D eigenvalue weighted by molar-refractivity contribution is 7.92. The number of amides is 1. The number of carbonyl (C=O) groups is 1. The Bertz CT molecular complexity index is 1550. The van der Waals surface area contributed by atoms with Crippen molar-refractivity contribution in [2.24, 2.45) is 0 Å². The summed E-state index contributed by atoms with van der Waals surface area (Å²) in [4.78, 5) is 25.2. The summed E-state index contributed by atoms with van der Waals surface area (Å²) in [7, 11) is -2.31. The fraction of sp³-hybridized carbons (Fsp3) is 0.115. The lowest BCUT2D eigenvalue weighted by Gasteiger charge is -2.19. The van der Waals surface area contributed by atoms with Gasteiger partial charge in [-0.2, -0.15) is 5.10 Å². The number of rotatable bonds is 6. The molecular weight excluding hydrogens is 464 g/mol. The summed E-state index contributed by atoms with van der Waals surface area (Å²) in [5.41, 5.74) is 2.96. The highest BCUT2D eigenvalue weighted by Crippen LogP contribution is 2.23. The smallest absolute Gasteiger partial charge is 0.280 e. The van der Waals surface area contributed by atoms with E-state index in [1.165, 1.54) is 52.6 Å². The molecule has 1 amide bonds. The molecule has 0 aliphatic heterocycles. The molecule has 1 heterocycles. The molecule has 0 fully saturated rings. The molecule has 9 heteroatoms. The molecule has 35 heavy (non-hydrogen) atoms. The van der Waals surface area contributed by atoms with Crippen molar-refractivity contribution in [1.29, 1.82) is 0 Å². The van der Waals surface area contributed by atoms with Crippen molar-refractivity contribution in [2.75, 3.05) is 16.7 Å². The lowest BCUT2D eigenvalue weighted by molar-refractivity contribution is 0.101. The van der Waals surface area contributed by atoms with Crippen LogP contribution in [0.2, 0.25) is 0 Å². The predicted octanol–water partition coefficient (Wildman–Crippen LogP) is 3.93. The minimum absolute atomic E-state index is 0.0665. The van der Waals surface area contributed by atoms with E-state index in [1.54, 1.807) is 30.3 Å². The highest BCUT2D eigenvalue weighted by Gasteiger charge is 2.21. The van der Waals surface area contributed by atoms with Gasteiger partial charge in [0.25, 0.3) is 15.9 Å². The number of para-hydroxylation sites is 1. The van der Waals surface area contributed by atoms with Crippen LogP contribution in [-0.2, 0) is 10.0 Å². The van der Waals surface area contributed by atoms with Crippen LogP contribution >= 0.6 is 0 Å². The first-order valence-electron chi connectivity index (χ1n) is 10.8. The molecule has 1 N–H and O–H groups in total. The van der Waals surface area contributed by atoms with Gasteiger partial charge in [-0.05, 0) is 73.5 Å². The number of aryl methyl sites for hydroxylation is 2. The molecule has 0 atom stereocenters. The highest BCUT2D eigenvalue weighted by atomic mass is 32.2. The maximum Gasteiger partial charge on any atom is 0.280 e. The maximum absolute atomic E-state index is 12.9. The quantitative estimate of drug-likeness (QED) is 0.443. The molecule has 0 spiro atoms. The Morgan fingerprint density at radius 3 is 2.26 bits per heavy atom. The number of hydrogen-bond donors (Lipinski definition) is 1. The van der Waals surface area contributed by atoms with E-state index in [4.69, 9.17) is 0 Å². The molecule has 178 valence electrons. The van der Waals surface area contributed by atoms with Crippen LogP contribution in [-0.4, -0.2) is 31.2 Å². The zero-order valence-electron chi connectivity index (χ0n) is 19.5. The van der Waals surface area contributed by atoms with E-state index >= 15 is 0 Å². The summed E-state index contributed by atoms with van der Waals surface area (Å²) < 4.78 is 28.5. The van der Waals surface area contributed by atoms with Crippen molar-refractivity contribution < 1.29 is 13.2 Å². The van der Waals surface area contributed by atoms with Crippen LogP contribution in [0.1, 0.15) is 21.6 Å². The molecule has 8 nitrogen and oxygen atoms in total. The van der Waals surface area contributed by atoms with Gasteiger partial charge in [0.15, 0.2) is 5.69 Å². The summed E-state index contributed by atoms with van der Waals surface area (Å²) in [5, 5.41) is 6.83. The molecule has 4 aromatic rings. The lowest BCUT2D eigenvalue weighted by atomic mass is 10.1. The molecule has 4 rings (SSSR count). The van der Waals surface area contributed by atoms with Gasteiger partial charge in [-0.3, -0.25) is 13.9 Å². The predicted molar refractivity (Wildman–Crippen MR) is 136 cm³/mol. The first-order valence-corrected chi connectivity index (χ1v) is 12.2. The Balaban J connectivity index is 1.55. The summed E-state index contributed by atoms with van der Waals surface area (Å²) in [6.45, 7) is 3.96. The Morgan fingerprint density at radius 2 is 1.60 bits per heavy atom. The standard InChI is InChI=1S/C26H24N4O4S/c1-18-9-12-22(17-19(18)2)30-16-15-24(31)25(28-30)26(32)27-20-10-13-23(14-11-20)35(33,34)29(3)21-7-5-4-6-8-21/h4-17H,1-3H3,(H,27,32). The Hall–Kier alpha value is -4.24. The SMILES string of the molecule is Cc1ccc(-n2ccc(=O)c(C(=O)Nc3ccc(S(=O)(=O)N(C)c4ccccc4)cc3)n2)cc1C. The van der Waals surface area contributed by atoms with Crippen molar-refractivity contribution in [2.45, 2.75) is 18.7 Å². The number of nitrogens with zero attached hydrogens (tertiary/aromatic N) is 3. The number of sulfonamides is 1. The molecule has 1 aromatic heterocycles. The normalized spacial score (nSPS) is 11.2. The molecule has 3 aromatic carbocycles. The lowest BCUT2D eigenvalue weighted by Crippen LogP contribution is -2.27. The maximum atomic E-state index is 12.9. The molecule has 0 unspecified atom stereocenters. The molecule has 0 aliphatic rings. The van der Waals surface area contributed by atoms with E-state index in [9.17, 15) is 18.0 Å². The van der Waals surface area contributed by atoms with Crippen molar-refractivity contribution in [3.05, 3.63) is 112 Å². The third kappa shape index (κ3) is 4.99. The number of anilines is 2. The van der Waals surface area contributed by atoms with Gasteiger partial charge >= 0.3 is 0 Å². The first kappa shape index (κ1) is 23.9. The van der Waals surface area contributed by atoms with Gasteiger partial charge in [-0.15, -0.1) is 0 Å². The van der Waals surface area contributed by atoms with Crippen molar-refractivity contribution in [1.82, 2.24) is 9.78 Å². The topological polar surface area (TPSA) is 101 Å². The van der Waals surface area contributed by atoms with Crippen LogP contribution in [0.3, 0.4) is 0 Å². The van der Waals surface area contributed by atoms with E-state index in [0.717, 1.165) is 16.8 Å². The minimum atomic E-state index is -3.78. The van der Waals surface area contributed by atoms with Gasteiger partial charge in [0.2, 0.25) is 5.43 Å². The minimum Gasteiger partial charge on any atom is -0.320 e. The number of hydrogen-bond acceptors (Lipinski definition) is 5. The number of carbonyl (C=O) groups excluding carboxylic acids is 1. The second kappa shape index (κ2) is 9.55. The van der Waals surface area contributed by atoms with Gasteiger partial charge in [0.05, 0.1) is 16.3 Å². The average Bonchev–Trinajstić information content (AvgIpc) is 2.86. The van der Waals surface area contributed by atoms with Crippen LogP contribution in [0.25, 0.3) is 5.69 Å². The monoisotopic (exact) mass is 488 g/mol. The number of benzene rings is 3. The van der Waals surface area contributed by atoms with Crippen LogP contribution in [0, 0.1) is 13.8 Å². The molecular formula is C26H24N4O4S. The van der Waals surface area contributed by atoms with Crippen LogP contribution < -0.4 is 15.1 Å². The Labute approximate surface area is 203 Å². The van der Waals surface area contributed by atoms with E-state index in [2.05, 4.69) is 10.4 Å². The van der Waals surface area contributed by atoms with Crippen molar-refractivity contribution in [3.63, 3.8) is 0 Å². The van der Waals surface area contributed by atoms with Gasteiger partial charge in [0, 0.05) is 25.0 Å². The average molecular weight is 489 g/mol.